The highest BCUT2D eigenvalue weighted by Crippen LogP contribution is 2.31. The van der Waals surface area contributed by atoms with Gasteiger partial charge in [-0.3, -0.25) is 4.79 Å². The van der Waals surface area contributed by atoms with Crippen LogP contribution in [0, 0.1) is 0 Å². The lowest BCUT2D eigenvalue weighted by molar-refractivity contribution is 0.102. The molecule has 0 unspecified atom stereocenters. The summed E-state index contributed by atoms with van der Waals surface area (Å²) in [7, 11) is -3.86. The van der Waals surface area contributed by atoms with Crippen molar-refractivity contribution in [3.05, 3.63) is 82.0 Å². The van der Waals surface area contributed by atoms with E-state index in [1.165, 1.54) is 18.3 Å². The van der Waals surface area contributed by atoms with Crippen molar-refractivity contribution in [1.82, 2.24) is 9.71 Å². The molecule has 1 amide bonds. The van der Waals surface area contributed by atoms with Crippen molar-refractivity contribution in [2.75, 3.05) is 5.32 Å². The van der Waals surface area contributed by atoms with Gasteiger partial charge in [0.1, 0.15) is 11.5 Å². The van der Waals surface area contributed by atoms with Crippen LogP contribution in [0.2, 0.25) is 10.0 Å². The van der Waals surface area contributed by atoms with E-state index >= 15 is 0 Å². The maximum absolute atomic E-state index is 12.7. The topological polar surface area (TPSA) is 97.4 Å². The van der Waals surface area contributed by atoms with E-state index in [0.29, 0.717) is 18.2 Å². The number of sulfonamides is 1. The maximum atomic E-state index is 12.7. The number of hydrogen-bond donors (Lipinski definition) is 2. The van der Waals surface area contributed by atoms with Crippen molar-refractivity contribution in [2.24, 2.45) is 0 Å². The smallest absolute Gasteiger partial charge is 0.257 e. The highest BCUT2D eigenvalue weighted by atomic mass is 35.5. The summed E-state index contributed by atoms with van der Waals surface area (Å²) in [5.41, 5.74) is 1.39. The van der Waals surface area contributed by atoms with Crippen LogP contribution in [0.1, 0.15) is 28.8 Å². The van der Waals surface area contributed by atoms with E-state index in [-0.39, 0.29) is 26.5 Å². The molecule has 1 aliphatic rings. The number of pyridine rings is 1. The molecule has 0 atom stereocenters. The van der Waals surface area contributed by atoms with Crippen LogP contribution in [-0.2, 0) is 16.6 Å². The summed E-state index contributed by atoms with van der Waals surface area (Å²) in [5, 5.41) is 2.63. The average molecular weight is 492 g/mol. The highest BCUT2D eigenvalue weighted by molar-refractivity contribution is 7.89. The largest absolute Gasteiger partial charge is 0.473 e. The Morgan fingerprint density at radius 2 is 1.81 bits per heavy atom. The Hall–Kier alpha value is -2.65. The number of anilines is 1. The normalized spacial score (nSPS) is 13.6. The van der Waals surface area contributed by atoms with Crippen molar-refractivity contribution in [3.8, 4) is 5.88 Å². The molecule has 1 aliphatic carbocycles. The second-order valence-corrected chi connectivity index (χ2v) is 9.77. The standard InChI is InChI=1S/C22H19Cl2N3O4S/c23-18-11-19(24)20(32(29,30)27-15-6-7-15)10-17(18)22(28)26-16-8-9-21(25-12-16)31-13-14-4-2-1-3-5-14/h1-5,8-12,15,27H,6-7,13H2,(H,26,28). The number of carbonyl (C=O) groups is 1. The molecular weight excluding hydrogens is 473 g/mol. The first-order valence-electron chi connectivity index (χ1n) is 9.77. The molecule has 32 heavy (non-hydrogen) atoms. The Morgan fingerprint density at radius 3 is 2.47 bits per heavy atom. The molecule has 0 radical (unpaired) electrons. The van der Waals surface area contributed by atoms with Gasteiger partial charge in [0, 0.05) is 12.1 Å². The predicted octanol–water partition coefficient (Wildman–Crippen LogP) is 4.66. The average Bonchev–Trinajstić information content (AvgIpc) is 3.57. The van der Waals surface area contributed by atoms with Gasteiger partial charge in [-0.2, -0.15) is 0 Å². The van der Waals surface area contributed by atoms with Gasteiger partial charge in [-0.25, -0.2) is 18.1 Å². The van der Waals surface area contributed by atoms with E-state index < -0.39 is 15.9 Å². The van der Waals surface area contributed by atoms with Gasteiger partial charge in [0.05, 0.1) is 27.5 Å². The molecule has 2 aromatic carbocycles. The Kier molecular flexibility index (Phi) is 6.66. The van der Waals surface area contributed by atoms with E-state index in [4.69, 9.17) is 27.9 Å². The number of hydrogen-bond acceptors (Lipinski definition) is 5. The van der Waals surface area contributed by atoms with Crippen LogP contribution >= 0.6 is 23.2 Å². The Morgan fingerprint density at radius 1 is 1.06 bits per heavy atom. The molecule has 1 saturated carbocycles. The molecule has 2 N–H and O–H groups in total. The predicted molar refractivity (Wildman–Crippen MR) is 123 cm³/mol. The Labute approximate surface area is 195 Å². The molecule has 166 valence electrons. The van der Waals surface area contributed by atoms with Crippen molar-refractivity contribution in [2.45, 2.75) is 30.4 Å². The Balaban J connectivity index is 1.45. The van der Waals surface area contributed by atoms with Crippen LogP contribution in [0.4, 0.5) is 5.69 Å². The molecule has 1 heterocycles. The van der Waals surface area contributed by atoms with Crippen LogP contribution in [0.5, 0.6) is 5.88 Å². The molecule has 1 aromatic heterocycles. The number of benzene rings is 2. The summed E-state index contributed by atoms with van der Waals surface area (Å²) in [5.74, 6) is -0.190. The summed E-state index contributed by atoms with van der Waals surface area (Å²) in [6.45, 7) is 0.367. The Bertz CT molecular complexity index is 1230. The quantitative estimate of drug-likeness (QED) is 0.477. The van der Waals surface area contributed by atoms with Gasteiger partial charge in [0.15, 0.2) is 0 Å². The lowest BCUT2D eigenvalue weighted by Gasteiger charge is -2.12. The summed E-state index contributed by atoms with van der Waals surface area (Å²) in [6.07, 6.45) is 2.99. The fourth-order valence-electron chi connectivity index (χ4n) is 2.86. The lowest BCUT2D eigenvalue weighted by atomic mass is 10.2. The third-order valence-corrected chi connectivity index (χ3v) is 6.98. The monoisotopic (exact) mass is 491 g/mol. The third kappa shape index (κ3) is 5.58. The zero-order valence-electron chi connectivity index (χ0n) is 16.7. The minimum Gasteiger partial charge on any atom is -0.473 e. The zero-order chi connectivity index (χ0) is 22.7. The molecule has 7 nitrogen and oxygen atoms in total. The minimum absolute atomic E-state index is 0.0170. The second-order valence-electron chi connectivity index (χ2n) is 7.27. The van der Waals surface area contributed by atoms with E-state index in [0.717, 1.165) is 18.4 Å². The summed E-state index contributed by atoms with van der Waals surface area (Å²) >= 11 is 12.2. The first-order valence-corrected chi connectivity index (χ1v) is 12.0. The van der Waals surface area contributed by atoms with Crippen LogP contribution in [0.15, 0.2) is 65.7 Å². The highest BCUT2D eigenvalue weighted by Gasteiger charge is 2.30. The van der Waals surface area contributed by atoms with Gasteiger partial charge in [0.2, 0.25) is 15.9 Å². The number of ether oxygens (including phenoxy) is 1. The van der Waals surface area contributed by atoms with Crippen LogP contribution < -0.4 is 14.8 Å². The molecule has 4 rings (SSSR count). The van der Waals surface area contributed by atoms with Crippen molar-refractivity contribution in [1.29, 1.82) is 0 Å². The second kappa shape index (κ2) is 9.46. The molecule has 0 saturated heterocycles. The zero-order valence-corrected chi connectivity index (χ0v) is 19.0. The summed E-state index contributed by atoms with van der Waals surface area (Å²) in [6, 6.07) is 15.2. The third-order valence-electron chi connectivity index (χ3n) is 4.68. The van der Waals surface area contributed by atoms with Gasteiger partial charge >= 0.3 is 0 Å². The maximum Gasteiger partial charge on any atom is 0.257 e. The fourth-order valence-corrected chi connectivity index (χ4v) is 5.03. The molecule has 0 aliphatic heterocycles. The summed E-state index contributed by atoms with van der Waals surface area (Å²) in [4.78, 5) is 16.7. The number of carbonyl (C=O) groups excluding carboxylic acids is 1. The number of nitrogens with one attached hydrogen (secondary N) is 2. The molecule has 1 fully saturated rings. The van der Waals surface area contributed by atoms with Crippen LogP contribution in [0.25, 0.3) is 0 Å². The van der Waals surface area contributed by atoms with Crippen LogP contribution in [0.3, 0.4) is 0 Å². The van der Waals surface area contributed by atoms with Gasteiger partial charge in [-0.15, -0.1) is 0 Å². The lowest BCUT2D eigenvalue weighted by Crippen LogP contribution is -2.26. The van der Waals surface area contributed by atoms with E-state index in [2.05, 4.69) is 15.0 Å². The van der Waals surface area contributed by atoms with E-state index in [9.17, 15) is 13.2 Å². The number of rotatable bonds is 8. The number of nitrogens with zero attached hydrogens (tertiary/aromatic N) is 1. The van der Waals surface area contributed by atoms with E-state index in [1.54, 1.807) is 12.1 Å². The molecule has 3 aromatic rings. The van der Waals surface area contributed by atoms with Crippen molar-refractivity contribution in [3.63, 3.8) is 0 Å². The molecule has 10 heteroatoms. The minimum atomic E-state index is -3.86. The van der Waals surface area contributed by atoms with Crippen molar-refractivity contribution >= 4 is 44.8 Å². The van der Waals surface area contributed by atoms with Gasteiger partial charge < -0.3 is 10.1 Å². The molecule has 0 bridgehead atoms. The molecule has 0 spiro atoms. The van der Waals surface area contributed by atoms with Gasteiger partial charge in [-0.05, 0) is 36.6 Å². The summed E-state index contributed by atoms with van der Waals surface area (Å²) < 4.78 is 33.3. The van der Waals surface area contributed by atoms with Crippen LogP contribution in [-0.4, -0.2) is 25.4 Å². The first kappa shape index (κ1) is 22.5. The number of halogens is 2. The number of aromatic nitrogens is 1. The first-order chi connectivity index (χ1) is 15.3. The van der Waals surface area contributed by atoms with E-state index in [1.807, 2.05) is 30.3 Å². The fraction of sp³-hybridized carbons (Fsp3) is 0.182. The van der Waals surface area contributed by atoms with Crippen molar-refractivity contribution < 1.29 is 17.9 Å². The molecular formula is C22H19Cl2N3O4S. The van der Waals surface area contributed by atoms with Gasteiger partial charge in [0.25, 0.3) is 5.91 Å². The number of amides is 1. The van der Waals surface area contributed by atoms with Gasteiger partial charge in [-0.1, -0.05) is 53.5 Å². The SMILES string of the molecule is O=C(Nc1ccc(OCc2ccccc2)nc1)c1cc(S(=O)(=O)NC2CC2)c(Cl)cc1Cl.